The molecule has 0 bridgehead atoms. The maximum atomic E-state index is 11.8. The minimum atomic E-state index is -0.995. The lowest BCUT2D eigenvalue weighted by molar-refractivity contribution is -0.145. The van der Waals surface area contributed by atoms with Crippen molar-refractivity contribution in [1.82, 2.24) is 5.32 Å². The molecule has 0 aliphatic heterocycles. The monoisotopic (exact) mass is 228 g/mol. The van der Waals surface area contributed by atoms with Gasteiger partial charge in [-0.1, -0.05) is 20.3 Å². The second kappa shape index (κ2) is 4.82. The standard InChI is InChI=1S/C11H20N2O3/c1-3-7(2)8(9(14)15)13-10(16)11(12)5-4-6-11/h7-8H,3-6,12H2,1-2H3,(H,13,16)(H,14,15)/t7-,8-/m0/s1. The van der Waals surface area contributed by atoms with Crippen LogP contribution in [-0.4, -0.2) is 28.6 Å². The minimum Gasteiger partial charge on any atom is -0.480 e. The highest BCUT2D eigenvalue weighted by atomic mass is 16.4. The molecule has 0 radical (unpaired) electrons. The summed E-state index contributed by atoms with van der Waals surface area (Å²) in [7, 11) is 0. The number of carbonyl (C=O) groups excluding carboxylic acids is 1. The predicted molar refractivity (Wildman–Crippen MR) is 59.8 cm³/mol. The molecule has 1 saturated carbocycles. The number of carbonyl (C=O) groups is 2. The highest BCUT2D eigenvalue weighted by Crippen LogP contribution is 2.29. The molecule has 16 heavy (non-hydrogen) atoms. The molecule has 1 amide bonds. The number of nitrogens with one attached hydrogen (secondary N) is 1. The number of hydrogen-bond donors (Lipinski definition) is 3. The van der Waals surface area contributed by atoms with Gasteiger partial charge in [0.25, 0.3) is 0 Å². The molecule has 0 aromatic rings. The average Bonchev–Trinajstić information content (AvgIpc) is 2.20. The molecular weight excluding hydrogens is 208 g/mol. The van der Waals surface area contributed by atoms with Crippen molar-refractivity contribution in [2.75, 3.05) is 0 Å². The highest BCUT2D eigenvalue weighted by molar-refractivity contribution is 5.90. The van der Waals surface area contributed by atoms with Gasteiger partial charge in [0.2, 0.25) is 5.91 Å². The Kier molecular flexibility index (Phi) is 3.91. The Bertz CT molecular complexity index is 287. The van der Waals surface area contributed by atoms with E-state index in [2.05, 4.69) is 5.32 Å². The van der Waals surface area contributed by atoms with Crippen LogP contribution in [0.4, 0.5) is 0 Å². The Morgan fingerprint density at radius 1 is 1.50 bits per heavy atom. The number of amides is 1. The molecule has 0 saturated heterocycles. The van der Waals surface area contributed by atoms with Crippen LogP contribution in [0.2, 0.25) is 0 Å². The Hall–Kier alpha value is -1.10. The van der Waals surface area contributed by atoms with Crippen LogP contribution in [0.25, 0.3) is 0 Å². The van der Waals surface area contributed by atoms with Crippen molar-refractivity contribution in [2.45, 2.75) is 51.1 Å². The lowest BCUT2D eigenvalue weighted by Crippen LogP contribution is -2.61. The average molecular weight is 228 g/mol. The summed E-state index contributed by atoms with van der Waals surface area (Å²) in [6.45, 7) is 3.71. The van der Waals surface area contributed by atoms with Crippen molar-refractivity contribution in [2.24, 2.45) is 11.7 Å². The summed E-state index contributed by atoms with van der Waals surface area (Å²) in [4.78, 5) is 22.8. The SMILES string of the molecule is CC[C@H](C)[C@H](NC(=O)C1(N)CCC1)C(=O)O. The van der Waals surface area contributed by atoms with Gasteiger partial charge >= 0.3 is 5.97 Å². The predicted octanol–water partition coefficient (Wildman–Crippen LogP) is 0.483. The zero-order valence-corrected chi connectivity index (χ0v) is 9.82. The molecular formula is C11H20N2O3. The van der Waals surface area contributed by atoms with Gasteiger partial charge in [0.05, 0.1) is 5.54 Å². The van der Waals surface area contributed by atoms with E-state index in [0.29, 0.717) is 19.3 Å². The Morgan fingerprint density at radius 2 is 2.06 bits per heavy atom. The van der Waals surface area contributed by atoms with Gasteiger partial charge in [-0.15, -0.1) is 0 Å². The van der Waals surface area contributed by atoms with E-state index in [0.717, 1.165) is 6.42 Å². The van der Waals surface area contributed by atoms with Crippen LogP contribution >= 0.6 is 0 Å². The van der Waals surface area contributed by atoms with E-state index in [4.69, 9.17) is 10.8 Å². The zero-order chi connectivity index (χ0) is 12.3. The molecule has 1 rings (SSSR count). The first-order chi connectivity index (χ1) is 7.40. The van der Waals surface area contributed by atoms with Crippen molar-refractivity contribution >= 4 is 11.9 Å². The van der Waals surface area contributed by atoms with E-state index in [9.17, 15) is 9.59 Å². The van der Waals surface area contributed by atoms with Crippen molar-refractivity contribution in [3.8, 4) is 0 Å². The summed E-state index contributed by atoms with van der Waals surface area (Å²) in [6.07, 6.45) is 2.93. The van der Waals surface area contributed by atoms with Crippen LogP contribution in [0.15, 0.2) is 0 Å². The molecule has 1 aliphatic carbocycles. The molecule has 0 heterocycles. The van der Waals surface area contributed by atoms with Crippen molar-refractivity contribution in [3.05, 3.63) is 0 Å². The van der Waals surface area contributed by atoms with Crippen molar-refractivity contribution in [3.63, 3.8) is 0 Å². The summed E-state index contributed by atoms with van der Waals surface area (Å²) < 4.78 is 0. The largest absolute Gasteiger partial charge is 0.480 e. The van der Waals surface area contributed by atoms with E-state index < -0.39 is 17.6 Å². The second-order valence-corrected chi connectivity index (χ2v) is 4.68. The first-order valence-electron chi connectivity index (χ1n) is 5.73. The van der Waals surface area contributed by atoms with Crippen LogP contribution in [0, 0.1) is 5.92 Å². The van der Waals surface area contributed by atoms with Crippen molar-refractivity contribution in [1.29, 1.82) is 0 Å². The van der Waals surface area contributed by atoms with E-state index in [1.54, 1.807) is 0 Å². The van der Waals surface area contributed by atoms with Crippen LogP contribution in [-0.2, 0) is 9.59 Å². The van der Waals surface area contributed by atoms with Gasteiger partial charge in [0, 0.05) is 0 Å². The van der Waals surface area contributed by atoms with Crippen molar-refractivity contribution < 1.29 is 14.7 Å². The molecule has 5 nitrogen and oxygen atoms in total. The van der Waals surface area contributed by atoms with Gasteiger partial charge in [-0.3, -0.25) is 4.79 Å². The highest BCUT2D eigenvalue weighted by Gasteiger charge is 2.42. The molecule has 0 spiro atoms. The summed E-state index contributed by atoms with van der Waals surface area (Å²) in [5.74, 6) is -1.41. The minimum absolute atomic E-state index is 0.0925. The van der Waals surface area contributed by atoms with Gasteiger partial charge in [0.15, 0.2) is 0 Å². The second-order valence-electron chi connectivity index (χ2n) is 4.68. The molecule has 0 aromatic heterocycles. The maximum absolute atomic E-state index is 11.8. The third kappa shape index (κ3) is 2.52. The number of hydrogen-bond acceptors (Lipinski definition) is 3. The summed E-state index contributed by atoms with van der Waals surface area (Å²) >= 11 is 0. The quantitative estimate of drug-likeness (QED) is 0.638. The van der Waals surface area contributed by atoms with Crippen LogP contribution in [0.1, 0.15) is 39.5 Å². The Labute approximate surface area is 95.4 Å². The normalized spacial score (nSPS) is 21.7. The lowest BCUT2D eigenvalue weighted by atomic mass is 9.76. The third-order valence-corrected chi connectivity index (χ3v) is 3.46. The fourth-order valence-corrected chi connectivity index (χ4v) is 1.75. The van der Waals surface area contributed by atoms with E-state index in [-0.39, 0.29) is 11.8 Å². The molecule has 92 valence electrons. The summed E-state index contributed by atoms with van der Waals surface area (Å²) in [5, 5.41) is 11.6. The molecule has 1 fully saturated rings. The molecule has 1 aliphatic rings. The van der Waals surface area contributed by atoms with Crippen LogP contribution in [0.5, 0.6) is 0 Å². The number of nitrogens with two attached hydrogens (primary N) is 1. The number of aliphatic carboxylic acids is 1. The topological polar surface area (TPSA) is 92.4 Å². The summed E-state index contributed by atoms with van der Waals surface area (Å²) in [6, 6.07) is -0.835. The number of rotatable bonds is 5. The molecule has 4 N–H and O–H groups in total. The number of carboxylic acids is 1. The molecule has 0 aromatic carbocycles. The number of carboxylic acid groups (broad SMARTS) is 1. The first kappa shape index (κ1) is 13.0. The van der Waals surface area contributed by atoms with E-state index in [1.165, 1.54) is 0 Å². The van der Waals surface area contributed by atoms with Gasteiger partial charge < -0.3 is 16.2 Å². The van der Waals surface area contributed by atoms with E-state index >= 15 is 0 Å². The molecule has 0 unspecified atom stereocenters. The van der Waals surface area contributed by atoms with E-state index in [1.807, 2.05) is 13.8 Å². The van der Waals surface area contributed by atoms with Gasteiger partial charge in [0.1, 0.15) is 6.04 Å². The summed E-state index contributed by atoms with van der Waals surface area (Å²) in [5.41, 5.74) is 5.00. The zero-order valence-electron chi connectivity index (χ0n) is 9.82. The van der Waals surface area contributed by atoms with Crippen LogP contribution < -0.4 is 11.1 Å². The van der Waals surface area contributed by atoms with Crippen LogP contribution in [0.3, 0.4) is 0 Å². The first-order valence-corrected chi connectivity index (χ1v) is 5.73. The Morgan fingerprint density at radius 3 is 2.38 bits per heavy atom. The van der Waals surface area contributed by atoms with Gasteiger partial charge in [-0.2, -0.15) is 0 Å². The lowest BCUT2D eigenvalue weighted by Gasteiger charge is -2.37. The molecule has 2 atom stereocenters. The van der Waals surface area contributed by atoms with Gasteiger partial charge in [-0.05, 0) is 25.2 Å². The molecule has 5 heteroatoms. The fourth-order valence-electron chi connectivity index (χ4n) is 1.75. The third-order valence-electron chi connectivity index (χ3n) is 3.46. The Balaban J connectivity index is 2.61. The maximum Gasteiger partial charge on any atom is 0.326 e. The smallest absolute Gasteiger partial charge is 0.326 e. The van der Waals surface area contributed by atoms with Gasteiger partial charge in [-0.25, -0.2) is 4.79 Å². The fraction of sp³-hybridized carbons (Fsp3) is 0.818.